The number of carboxylic acids is 2. The van der Waals surface area contributed by atoms with Crippen LogP contribution in [0.3, 0.4) is 0 Å². The van der Waals surface area contributed by atoms with Gasteiger partial charge in [-0.05, 0) is 38.6 Å². The summed E-state index contributed by atoms with van der Waals surface area (Å²) in [4.78, 5) is 53.6. The maximum absolute atomic E-state index is 11.4. The molecule has 1 saturated heterocycles. The van der Waals surface area contributed by atoms with Crippen LogP contribution >= 0.6 is 12.6 Å². The molecule has 204 valence electrons. The number of esters is 3. The monoisotopic (exact) mass is 525 g/mol. The molecule has 1 aliphatic heterocycles. The van der Waals surface area contributed by atoms with Crippen LogP contribution < -0.4 is 28.3 Å². The molecule has 14 nitrogen and oxygen atoms in total. The molecular formula is C20H39N5O9S. The lowest BCUT2D eigenvalue weighted by molar-refractivity contribution is -0.162. The number of thiol groups is 1. The molecule has 15 heteroatoms. The molecule has 0 amide bonds. The van der Waals surface area contributed by atoms with E-state index in [2.05, 4.69) is 28.4 Å². The van der Waals surface area contributed by atoms with Gasteiger partial charge in [-0.15, -0.1) is 0 Å². The first kappa shape index (κ1) is 34.9. The van der Waals surface area contributed by atoms with Gasteiger partial charge in [-0.1, -0.05) is 13.8 Å². The topological polar surface area (TPSA) is 260 Å². The summed E-state index contributed by atoms with van der Waals surface area (Å²) >= 11 is 3.83. The molecule has 0 saturated carbocycles. The summed E-state index contributed by atoms with van der Waals surface area (Å²) in [6.45, 7) is 5.80. The molecule has 11 N–H and O–H groups in total. The summed E-state index contributed by atoms with van der Waals surface area (Å²) in [6, 6.07) is -3.15. The van der Waals surface area contributed by atoms with E-state index in [1.54, 1.807) is 0 Å². The van der Waals surface area contributed by atoms with E-state index in [4.69, 9.17) is 32.2 Å². The summed E-state index contributed by atoms with van der Waals surface area (Å²) < 4.78 is 9.44. The predicted molar refractivity (Wildman–Crippen MR) is 129 cm³/mol. The highest BCUT2D eigenvalue weighted by Gasteiger charge is 2.27. The Morgan fingerprint density at radius 1 is 1.03 bits per heavy atom. The van der Waals surface area contributed by atoms with E-state index in [0.29, 0.717) is 12.8 Å². The number of nitrogens with two attached hydrogens (primary N) is 4. The molecule has 0 aromatic carbocycles. The fourth-order valence-electron chi connectivity index (χ4n) is 2.36. The molecule has 1 heterocycles. The van der Waals surface area contributed by atoms with Gasteiger partial charge in [-0.3, -0.25) is 14.4 Å². The fraction of sp³-hybridized carbons (Fsp3) is 0.750. The zero-order valence-corrected chi connectivity index (χ0v) is 21.1. The minimum atomic E-state index is -1.23. The van der Waals surface area contributed by atoms with Crippen molar-refractivity contribution in [2.45, 2.75) is 70.3 Å². The first-order valence-corrected chi connectivity index (χ1v) is 11.5. The average Bonchev–Trinajstić information content (AvgIpc) is 3.33. The Hall–Kier alpha value is -2.30. The largest absolute Gasteiger partial charge is 0.480 e. The zero-order valence-electron chi connectivity index (χ0n) is 20.2. The second-order valence-corrected chi connectivity index (χ2v) is 8.38. The summed E-state index contributed by atoms with van der Waals surface area (Å²) in [5.74, 6) is -3.60. The molecule has 5 atom stereocenters. The molecule has 0 aromatic heterocycles. The number of aliphatic carboxylic acids is 2. The van der Waals surface area contributed by atoms with Gasteiger partial charge >= 0.3 is 29.8 Å². The van der Waals surface area contributed by atoms with E-state index >= 15 is 0 Å². The van der Waals surface area contributed by atoms with Gasteiger partial charge in [0.1, 0.15) is 30.3 Å². The Labute approximate surface area is 209 Å². The SMILES string of the molecule is CC(C)C[C@H](N)C(=O)O[C@H](C)[C@H](N)C(=O)O.NCC(=O)O.N[C@@H](CS)C(=O)OC(=O)[C@@H]1CCCN1. The van der Waals surface area contributed by atoms with Crippen molar-refractivity contribution in [3.8, 4) is 0 Å². The Kier molecular flexibility index (Phi) is 18.9. The second kappa shape index (κ2) is 19.0. The average molecular weight is 526 g/mol. The maximum atomic E-state index is 11.4. The standard InChI is InChI=1S/C10H20N2O4.C8H14N2O3S.C2H5NO2/c1-5(2)4-7(11)10(15)16-6(3)8(12)9(13)14;9-5(4-14)7(11)13-8(12)6-2-1-3-10-6;3-1-2(4)5/h5-8H,4,11-12H2,1-3H3,(H,13,14);5-6,10,14H,1-4,9H2;1,3H2,(H,4,5)/t6-,7+,8+;5-,6-;/m10./s1. The van der Waals surface area contributed by atoms with Gasteiger partial charge in [0.25, 0.3) is 0 Å². The van der Waals surface area contributed by atoms with Crippen LogP contribution in [0.15, 0.2) is 0 Å². The second-order valence-electron chi connectivity index (χ2n) is 8.02. The lowest BCUT2D eigenvalue weighted by Crippen LogP contribution is -2.45. The molecular weight excluding hydrogens is 486 g/mol. The van der Waals surface area contributed by atoms with Crippen LogP contribution in [0.5, 0.6) is 0 Å². The Bertz CT molecular complexity index is 690. The molecule has 0 radical (unpaired) electrons. The molecule has 0 aliphatic carbocycles. The molecule has 1 fully saturated rings. The van der Waals surface area contributed by atoms with Crippen molar-refractivity contribution in [3.63, 3.8) is 0 Å². The third-order valence-corrected chi connectivity index (χ3v) is 4.73. The lowest BCUT2D eigenvalue weighted by atomic mass is 10.0. The number of carbonyl (C=O) groups is 5. The summed E-state index contributed by atoms with van der Waals surface area (Å²) in [6.07, 6.45) is 1.24. The summed E-state index contributed by atoms with van der Waals surface area (Å²) in [5.41, 5.74) is 20.8. The van der Waals surface area contributed by atoms with Crippen molar-refractivity contribution in [1.82, 2.24) is 5.32 Å². The molecule has 0 unspecified atom stereocenters. The third kappa shape index (κ3) is 16.9. The first-order valence-electron chi connectivity index (χ1n) is 10.9. The van der Waals surface area contributed by atoms with Gasteiger partial charge in [0.05, 0.1) is 6.54 Å². The van der Waals surface area contributed by atoms with Crippen molar-refractivity contribution in [1.29, 1.82) is 0 Å². The highest BCUT2D eigenvalue weighted by Crippen LogP contribution is 2.07. The van der Waals surface area contributed by atoms with Gasteiger partial charge in [0.2, 0.25) is 0 Å². The molecule has 1 aliphatic rings. The molecule has 0 spiro atoms. The molecule has 0 bridgehead atoms. The number of rotatable bonds is 10. The lowest BCUT2D eigenvalue weighted by Gasteiger charge is -2.20. The van der Waals surface area contributed by atoms with E-state index in [0.717, 1.165) is 13.0 Å². The van der Waals surface area contributed by atoms with E-state index in [1.165, 1.54) is 6.92 Å². The highest BCUT2D eigenvalue weighted by atomic mass is 32.1. The van der Waals surface area contributed by atoms with Crippen molar-refractivity contribution < 1.29 is 43.7 Å². The summed E-state index contributed by atoms with van der Waals surface area (Å²) in [7, 11) is 0. The normalized spacial score (nSPS) is 17.9. The highest BCUT2D eigenvalue weighted by molar-refractivity contribution is 7.80. The van der Waals surface area contributed by atoms with Crippen molar-refractivity contribution in [2.24, 2.45) is 28.9 Å². The number of carbonyl (C=O) groups excluding carboxylic acids is 3. The zero-order chi connectivity index (χ0) is 27.7. The Morgan fingerprint density at radius 2 is 1.57 bits per heavy atom. The van der Waals surface area contributed by atoms with Gasteiger partial charge in [0.15, 0.2) is 0 Å². The minimum absolute atomic E-state index is 0.171. The summed E-state index contributed by atoms with van der Waals surface area (Å²) in [5, 5.41) is 19.1. The van der Waals surface area contributed by atoms with E-state index < -0.39 is 54.1 Å². The van der Waals surface area contributed by atoms with E-state index in [-0.39, 0.29) is 24.3 Å². The van der Waals surface area contributed by atoms with E-state index in [9.17, 15) is 24.0 Å². The van der Waals surface area contributed by atoms with E-state index in [1.807, 2.05) is 13.8 Å². The smallest absolute Gasteiger partial charge is 0.331 e. The number of ether oxygens (including phenoxy) is 2. The fourth-order valence-corrected chi connectivity index (χ4v) is 2.50. The predicted octanol–water partition coefficient (Wildman–Crippen LogP) is -2.20. The van der Waals surface area contributed by atoms with Crippen LogP contribution in [0.25, 0.3) is 0 Å². The third-order valence-electron chi connectivity index (χ3n) is 4.34. The van der Waals surface area contributed by atoms with Crippen LogP contribution in [-0.4, -0.2) is 89.2 Å². The molecule has 1 rings (SSSR count). The molecule has 0 aromatic rings. The number of nitrogens with one attached hydrogen (secondary N) is 1. The number of carboxylic acid groups (broad SMARTS) is 2. The maximum Gasteiger partial charge on any atom is 0.331 e. The van der Waals surface area contributed by atoms with Gasteiger partial charge in [0, 0.05) is 5.75 Å². The number of hydrogen-bond acceptors (Lipinski definition) is 13. The minimum Gasteiger partial charge on any atom is -0.480 e. The Morgan fingerprint density at radius 3 is 1.94 bits per heavy atom. The van der Waals surface area contributed by atoms with Crippen molar-refractivity contribution in [2.75, 3.05) is 18.8 Å². The number of hydrogen-bond donors (Lipinski definition) is 8. The van der Waals surface area contributed by atoms with Gasteiger partial charge < -0.3 is 47.9 Å². The Balaban J connectivity index is 0. The van der Waals surface area contributed by atoms with Crippen LogP contribution in [0.1, 0.15) is 40.0 Å². The van der Waals surface area contributed by atoms with Gasteiger partial charge in [-0.2, -0.15) is 12.6 Å². The quantitative estimate of drug-likeness (QED) is 0.0855. The van der Waals surface area contributed by atoms with Crippen LogP contribution in [0.4, 0.5) is 0 Å². The van der Waals surface area contributed by atoms with Gasteiger partial charge in [-0.25, -0.2) is 9.59 Å². The van der Waals surface area contributed by atoms with Crippen LogP contribution in [0.2, 0.25) is 0 Å². The van der Waals surface area contributed by atoms with Crippen molar-refractivity contribution >= 4 is 42.5 Å². The van der Waals surface area contributed by atoms with Crippen molar-refractivity contribution in [3.05, 3.63) is 0 Å². The first-order chi connectivity index (χ1) is 16.2. The van der Waals surface area contributed by atoms with Crippen LogP contribution in [-0.2, 0) is 33.4 Å². The van der Waals surface area contributed by atoms with Crippen LogP contribution in [0, 0.1) is 5.92 Å². The molecule has 35 heavy (non-hydrogen) atoms.